The minimum atomic E-state index is 0.491. The van der Waals surface area contributed by atoms with Crippen molar-refractivity contribution in [2.45, 2.75) is 0 Å². The molecule has 1 N–H and O–H groups in total. The molecule has 0 atom stereocenters. The Balaban J connectivity index is 1.70. The Morgan fingerprint density at radius 2 is 2.00 bits per heavy atom. The van der Waals surface area contributed by atoms with Crippen molar-refractivity contribution in [3.63, 3.8) is 0 Å². The topological polar surface area (TPSA) is 68.0 Å². The lowest BCUT2D eigenvalue weighted by atomic mass is 10.2. The van der Waals surface area contributed by atoms with Crippen molar-refractivity contribution in [1.29, 1.82) is 0 Å². The summed E-state index contributed by atoms with van der Waals surface area (Å²) in [5, 5.41) is 11.6. The van der Waals surface area contributed by atoms with E-state index in [4.69, 9.17) is 6.42 Å². The lowest BCUT2D eigenvalue weighted by Crippen LogP contribution is -1.98. The highest BCUT2D eigenvalue weighted by atomic mass is 15.4. The van der Waals surface area contributed by atoms with Crippen molar-refractivity contribution >= 4 is 17.2 Å². The minimum absolute atomic E-state index is 0.491. The number of hydrogen-bond acceptors (Lipinski definition) is 5. The number of hydrogen-bond donors (Lipinski definition) is 1. The van der Waals surface area contributed by atoms with Crippen molar-refractivity contribution in [3.8, 4) is 23.6 Å². The molecule has 0 saturated carbocycles. The summed E-state index contributed by atoms with van der Waals surface area (Å²) < 4.78 is 1.57. The molecular weight excluding hydrogens is 300 g/mol. The SMILES string of the molecule is C#Cc1cccc(Nc2nccc(-c3cnn4ncccc34)n2)c1. The summed E-state index contributed by atoms with van der Waals surface area (Å²) in [6.07, 6.45) is 10.6. The van der Waals surface area contributed by atoms with Crippen LogP contribution in [-0.2, 0) is 0 Å². The summed E-state index contributed by atoms with van der Waals surface area (Å²) in [6, 6.07) is 13.2. The quantitative estimate of drug-likeness (QED) is 0.589. The highest BCUT2D eigenvalue weighted by Crippen LogP contribution is 2.23. The normalized spacial score (nSPS) is 10.5. The van der Waals surface area contributed by atoms with E-state index in [1.165, 1.54) is 0 Å². The van der Waals surface area contributed by atoms with E-state index in [2.05, 4.69) is 31.4 Å². The molecule has 0 aliphatic heterocycles. The maximum absolute atomic E-state index is 5.43. The molecule has 4 aromatic rings. The van der Waals surface area contributed by atoms with Crippen molar-refractivity contribution in [2.24, 2.45) is 0 Å². The number of benzene rings is 1. The largest absolute Gasteiger partial charge is 0.324 e. The predicted molar refractivity (Wildman–Crippen MR) is 91.7 cm³/mol. The number of anilines is 2. The molecule has 0 unspecified atom stereocenters. The molecule has 0 saturated heterocycles. The highest BCUT2D eigenvalue weighted by Gasteiger charge is 2.09. The summed E-state index contributed by atoms with van der Waals surface area (Å²) in [4.78, 5) is 8.82. The van der Waals surface area contributed by atoms with Crippen LogP contribution >= 0.6 is 0 Å². The van der Waals surface area contributed by atoms with Gasteiger partial charge in [0.1, 0.15) is 0 Å². The molecule has 0 spiro atoms. The van der Waals surface area contributed by atoms with Crippen molar-refractivity contribution < 1.29 is 0 Å². The summed E-state index contributed by atoms with van der Waals surface area (Å²) in [6.45, 7) is 0. The van der Waals surface area contributed by atoms with E-state index >= 15 is 0 Å². The second kappa shape index (κ2) is 5.82. The fourth-order valence-corrected chi connectivity index (χ4v) is 2.41. The van der Waals surface area contributed by atoms with Gasteiger partial charge in [0, 0.05) is 29.2 Å². The Morgan fingerprint density at radius 1 is 1.04 bits per heavy atom. The number of fused-ring (bicyclic) bond motifs is 1. The Labute approximate surface area is 138 Å². The number of terminal acetylenes is 1. The maximum atomic E-state index is 5.43. The molecule has 4 rings (SSSR count). The van der Waals surface area contributed by atoms with Gasteiger partial charge in [0.15, 0.2) is 0 Å². The fourth-order valence-electron chi connectivity index (χ4n) is 2.41. The highest BCUT2D eigenvalue weighted by molar-refractivity contribution is 5.77. The molecule has 1 aromatic carbocycles. The van der Waals surface area contributed by atoms with Gasteiger partial charge in [-0.05, 0) is 36.4 Å². The summed E-state index contributed by atoms with van der Waals surface area (Å²) >= 11 is 0. The van der Waals surface area contributed by atoms with Crippen LogP contribution in [0, 0.1) is 12.3 Å². The average molecular weight is 312 g/mol. The van der Waals surface area contributed by atoms with Gasteiger partial charge in [0.25, 0.3) is 0 Å². The fraction of sp³-hybridized carbons (Fsp3) is 0. The van der Waals surface area contributed by atoms with Crippen LogP contribution in [0.4, 0.5) is 11.6 Å². The second-order valence-corrected chi connectivity index (χ2v) is 5.07. The summed E-state index contributed by atoms with van der Waals surface area (Å²) in [5.74, 6) is 3.10. The third-order valence-electron chi connectivity index (χ3n) is 3.52. The van der Waals surface area contributed by atoms with Gasteiger partial charge in [-0.15, -0.1) is 6.42 Å². The van der Waals surface area contributed by atoms with E-state index in [0.29, 0.717) is 5.95 Å². The Hall–Kier alpha value is -3.72. The van der Waals surface area contributed by atoms with Crippen molar-refractivity contribution in [1.82, 2.24) is 24.8 Å². The molecule has 24 heavy (non-hydrogen) atoms. The molecule has 6 heteroatoms. The van der Waals surface area contributed by atoms with Crippen molar-refractivity contribution in [3.05, 3.63) is 66.6 Å². The van der Waals surface area contributed by atoms with Gasteiger partial charge in [-0.2, -0.15) is 14.8 Å². The molecule has 0 aliphatic rings. The Kier molecular flexibility index (Phi) is 3.37. The van der Waals surface area contributed by atoms with E-state index in [1.807, 2.05) is 42.5 Å². The first-order chi connectivity index (χ1) is 11.8. The van der Waals surface area contributed by atoms with Gasteiger partial charge in [-0.1, -0.05) is 12.0 Å². The number of rotatable bonds is 3. The van der Waals surface area contributed by atoms with Gasteiger partial charge in [0.2, 0.25) is 5.95 Å². The molecule has 0 bridgehead atoms. The first kappa shape index (κ1) is 13.9. The molecule has 0 amide bonds. The maximum Gasteiger partial charge on any atom is 0.227 e. The van der Waals surface area contributed by atoms with Gasteiger partial charge in [-0.25, -0.2) is 9.97 Å². The lowest BCUT2D eigenvalue weighted by Gasteiger charge is -2.06. The first-order valence-electron chi connectivity index (χ1n) is 7.30. The Morgan fingerprint density at radius 3 is 2.92 bits per heavy atom. The number of nitrogens with one attached hydrogen (secondary N) is 1. The van der Waals surface area contributed by atoms with Crippen LogP contribution in [0.25, 0.3) is 16.8 Å². The van der Waals surface area contributed by atoms with E-state index in [-0.39, 0.29) is 0 Å². The van der Waals surface area contributed by atoms with Crippen LogP contribution in [0.2, 0.25) is 0 Å². The first-order valence-corrected chi connectivity index (χ1v) is 7.30. The van der Waals surface area contributed by atoms with Gasteiger partial charge in [0.05, 0.1) is 17.4 Å². The third-order valence-corrected chi connectivity index (χ3v) is 3.52. The zero-order chi connectivity index (χ0) is 16.4. The molecule has 0 aliphatic carbocycles. The van der Waals surface area contributed by atoms with Gasteiger partial charge >= 0.3 is 0 Å². The van der Waals surface area contributed by atoms with Crippen LogP contribution in [0.1, 0.15) is 5.56 Å². The smallest absolute Gasteiger partial charge is 0.227 e. The average Bonchev–Trinajstić information content (AvgIpc) is 3.06. The van der Waals surface area contributed by atoms with E-state index in [1.54, 1.807) is 23.2 Å². The third kappa shape index (κ3) is 2.55. The van der Waals surface area contributed by atoms with Crippen LogP contribution < -0.4 is 5.32 Å². The summed E-state index contributed by atoms with van der Waals surface area (Å²) in [7, 11) is 0. The molecule has 0 radical (unpaired) electrons. The number of aromatic nitrogens is 5. The van der Waals surface area contributed by atoms with E-state index < -0.39 is 0 Å². The van der Waals surface area contributed by atoms with E-state index in [0.717, 1.165) is 28.0 Å². The standard InChI is InChI=1S/C18H12N6/c1-2-13-5-3-6-14(11-13)22-18-19-10-8-16(23-18)15-12-21-24-17(15)7-4-9-20-24/h1,3-12H,(H,19,22,23). The monoisotopic (exact) mass is 312 g/mol. The molecule has 6 nitrogen and oxygen atoms in total. The summed E-state index contributed by atoms with van der Waals surface area (Å²) in [5.41, 5.74) is 4.18. The van der Waals surface area contributed by atoms with Gasteiger partial charge < -0.3 is 5.32 Å². The van der Waals surface area contributed by atoms with Crippen molar-refractivity contribution in [2.75, 3.05) is 5.32 Å². The lowest BCUT2D eigenvalue weighted by molar-refractivity contribution is 0.800. The molecule has 3 heterocycles. The van der Waals surface area contributed by atoms with Gasteiger partial charge in [-0.3, -0.25) is 0 Å². The molecule has 114 valence electrons. The molecule has 3 aromatic heterocycles. The minimum Gasteiger partial charge on any atom is -0.324 e. The zero-order valence-corrected chi connectivity index (χ0v) is 12.6. The van der Waals surface area contributed by atoms with Crippen LogP contribution in [-0.4, -0.2) is 24.8 Å². The second-order valence-electron chi connectivity index (χ2n) is 5.07. The molecular formula is C18H12N6. The Bertz CT molecular complexity index is 1060. The van der Waals surface area contributed by atoms with Crippen LogP contribution in [0.3, 0.4) is 0 Å². The zero-order valence-electron chi connectivity index (χ0n) is 12.6. The molecule has 0 fully saturated rings. The predicted octanol–water partition coefficient (Wildman–Crippen LogP) is 2.91. The van der Waals surface area contributed by atoms with Crippen LogP contribution in [0.15, 0.2) is 61.1 Å². The number of nitrogens with zero attached hydrogens (tertiary/aromatic N) is 5. The van der Waals surface area contributed by atoms with E-state index in [9.17, 15) is 0 Å². The van der Waals surface area contributed by atoms with Crippen LogP contribution in [0.5, 0.6) is 0 Å².